The second-order valence-corrected chi connectivity index (χ2v) is 7.42. The monoisotopic (exact) mass is 347 g/mol. The van der Waals surface area contributed by atoms with Crippen molar-refractivity contribution >= 4 is 11.6 Å². The van der Waals surface area contributed by atoms with Crippen LogP contribution in [0.5, 0.6) is 0 Å². The first-order chi connectivity index (χ1) is 11.9. The molecule has 140 valence electrons. The number of rotatable bonds is 7. The summed E-state index contributed by atoms with van der Waals surface area (Å²) < 4.78 is 5.99. The molecule has 1 amide bonds. The summed E-state index contributed by atoms with van der Waals surface area (Å²) in [5.74, 6) is 0.0580. The molecule has 1 heterocycles. The van der Waals surface area contributed by atoms with Crippen LogP contribution in [0.25, 0.3) is 0 Å². The van der Waals surface area contributed by atoms with Crippen LogP contribution in [0.2, 0.25) is 0 Å². The highest BCUT2D eigenvalue weighted by Gasteiger charge is 2.28. The van der Waals surface area contributed by atoms with Crippen molar-refractivity contribution < 1.29 is 9.53 Å². The number of carbonyl (C=O) groups excluding carboxylic acids is 1. The predicted octanol–water partition coefficient (Wildman–Crippen LogP) is 2.67. The number of hydrogen-bond acceptors (Lipinski definition) is 4. The molecule has 1 aliphatic heterocycles. The highest BCUT2D eigenvalue weighted by atomic mass is 16.5. The fourth-order valence-electron chi connectivity index (χ4n) is 3.13. The van der Waals surface area contributed by atoms with Crippen LogP contribution in [0.1, 0.15) is 30.9 Å². The number of benzene rings is 1. The topological polar surface area (TPSA) is 44.8 Å². The molecule has 5 heteroatoms. The van der Waals surface area contributed by atoms with E-state index in [9.17, 15) is 4.79 Å². The Morgan fingerprint density at radius 3 is 2.88 bits per heavy atom. The van der Waals surface area contributed by atoms with Crippen LogP contribution in [0.4, 0.5) is 5.69 Å². The minimum absolute atomic E-state index is 0.0580. The van der Waals surface area contributed by atoms with E-state index in [1.165, 1.54) is 0 Å². The Kier molecular flexibility index (Phi) is 7.41. The highest BCUT2D eigenvalue weighted by Crippen LogP contribution is 2.19. The van der Waals surface area contributed by atoms with Crippen molar-refractivity contribution in [2.75, 3.05) is 45.7 Å². The summed E-state index contributed by atoms with van der Waals surface area (Å²) in [7, 11) is 4.10. The molecule has 0 aliphatic carbocycles. The number of nitrogens with one attached hydrogen (secondary N) is 1. The molecule has 0 saturated carbocycles. The van der Waals surface area contributed by atoms with Gasteiger partial charge in [0.2, 0.25) is 5.91 Å². The van der Waals surface area contributed by atoms with E-state index in [4.69, 9.17) is 4.74 Å². The van der Waals surface area contributed by atoms with Crippen molar-refractivity contribution in [3.05, 3.63) is 29.3 Å². The van der Waals surface area contributed by atoms with Gasteiger partial charge in [0, 0.05) is 18.8 Å². The van der Waals surface area contributed by atoms with Crippen molar-refractivity contribution in [1.82, 2.24) is 9.80 Å². The molecule has 0 radical (unpaired) electrons. The van der Waals surface area contributed by atoms with Crippen molar-refractivity contribution in [1.29, 1.82) is 0 Å². The Balaban J connectivity index is 1.88. The second-order valence-electron chi connectivity index (χ2n) is 7.42. The van der Waals surface area contributed by atoms with E-state index in [2.05, 4.69) is 35.3 Å². The molecule has 0 bridgehead atoms. The molecule has 0 spiro atoms. The first-order valence-corrected chi connectivity index (χ1v) is 9.25. The molecule has 0 unspecified atom stereocenters. The van der Waals surface area contributed by atoms with Crippen LogP contribution in [-0.4, -0.2) is 68.2 Å². The maximum atomic E-state index is 12.7. The summed E-state index contributed by atoms with van der Waals surface area (Å²) in [6.45, 7) is 9.51. The average Bonchev–Trinajstić information content (AvgIpc) is 2.57. The van der Waals surface area contributed by atoms with Crippen molar-refractivity contribution in [3.63, 3.8) is 0 Å². The first kappa shape index (κ1) is 19.9. The van der Waals surface area contributed by atoms with Gasteiger partial charge in [0.05, 0.1) is 18.8 Å². The largest absolute Gasteiger partial charge is 0.376 e. The van der Waals surface area contributed by atoms with Gasteiger partial charge in [0.15, 0.2) is 0 Å². The SMILES string of the molecule is Cc1ccc(C)c(NC(=O)[C@H](C)N2CCC[C@H](OCCN(C)C)C2)c1. The maximum Gasteiger partial charge on any atom is 0.241 e. The second kappa shape index (κ2) is 9.32. The zero-order valence-electron chi connectivity index (χ0n) is 16.3. The van der Waals surface area contributed by atoms with Gasteiger partial charge in [-0.3, -0.25) is 9.69 Å². The number of nitrogens with zero attached hydrogens (tertiary/aromatic N) is 2. The number of piperidine rings is 1. The standard InChI is InChI=1S/C20H33N3O2/c1-15-8-9-16(2)19(13-15)21-20(24)17(3)23-10-6-7-18(14-23)25-12-11-22(4)5/h8-9,13,17-18H,6-7,10-12,14H2,1-5H3,(H,21,24)/t17-,18-/m0/s1. The van der Waals surface area contributed by atoms with Gasteiger partial charge in [-0.2, -0.15) is 0 Å². The van der Waals surface area contributed by atoms with E-state index in [1.807, 2.05) is 32.9 Å². The Labute approximate surface area is 152 Å². The molecular weight excluding hydrogens is 314 g/mol. The van der Waals surface area contributed by atoms with Crippen LogP contribution in [0, 0.1) is 13.8 Å². The van der Waals surface area contributed by atoms with Gasteiger partial charge in [-0.05, 0) is 71.4 Å². The molecule has 1 fully saturated rings. The summed E-state index contributed by atoms with van der Waals surface area (Å²) in [5.41, 5.74) is 3.16. The van der Waals surface area contributed by atoms with Crippen LogP contribution in [-0.2, 0) is 9.53 Å². The van der Waals surface area contributed by atoms with Crippen molar-refractivity contribution in [3.8, 4) is 0 Å². The summed E-state index contributed by atoms with van der Waals surface area (Å²) >= 11 is 0. The molecule has 1 N–H and O–H groups in total. The van der Waals surface area contributed by atoms with Gasteiger partial charge >= 0.3 is 0 Å². The molecule has 0 aromatic heterocycles. The fourth-order valence-corrected chi connectivity index (χ4v) is 3.13. The minimum atomic E-state index is -0.153. The van der Waals surface area contributed by atoms with E-state index in [1.54, 1.807) is 0 Å². The summed E-state index contributed by atoms with van der Waals surface area (Å²) in [4.78, 5) is 17.1. The number of amides is 1. The number of hydrogen-bond donors (Lipinski definition) is 1. The molecule has 5 nitrogen and oxygen atoms in total. The normalized spacial score (nSPS) is 19.8. The Bertz CT molecular complexity index is 574. The summed E-state index contributed by atoms with van der Waals surface area (Å²) in [6, 6.07) is 5.99. The third-order valence-electron chi connectivity index (χ3n) is 4.88. The number of ether oxygens (including phenoxy) is 1. The average molecular weight is 348 g/mol. The lowest BCUT2D eigenvalue weighted by Crippen LogP contribution is -2.49. The predicted molar refractivity (Wildman–Crippen MR) is 103 cm³/mol. The van der Waals surface area contributed by atoms with Crippen LogP contribution in [0.3, 0.4) is 0 Å². The van der Waals surface area contributed by atoms with Crippen LogP contribution < -0.4 is 5.32 Å². The molecule has 2 rings (SSSR count). The van der Waals surface area contributed by atoms with Crippen LogP contribution in [0.15, 0.2) is 18.2 Å². The molecule has 1 aliphatic rings. The van der Waals surface area contributed by atoms with Crippen LogP contribution >= 0.6 is 0 Å². The molecular formula is C20H33N3O2. The minimum Gasteiger partial charge on any atom is -0.376 e. The van der Waals surface area contributed by atoms with E-state index in [0.29, 0.717) is 0 Å². The fraction of sp³-hybridized carbons (Fsp3) is 0.650. The van der Waals surface area contributed by atoms with E-state index < -0.39 is 0 Å². The number of likely N-dealkylation sites (N-methyl/N-ethyl adjacent to an activating group) is 1. The highest BCUT2D eigenvalue weighted by molar-refractivity contribution is 5.95. The summed E-state index contributed by atoms with van der Waals surface area (Å²) in [6.07, 6.45) is 2.38. The quantitative estimate of drug-likeness (QED) is 0.824. The van der Waals surface area contributed by atoms with Gasteiger partial charge in [-0.15, -0.1) is 0 Å². The number of aryl methyl sites for hydroxylation is 2. The van der Waals surface area contributed by atoms with E-state index >= 15 is 0 Å². The first-order valence-electron chi connectivity index (χ1n) is 9.25. The number of likely N-dealkylation sites (tertiary alicyclic amines) is 1. The smallest absolute Gasteiger partial charge is 0.241 e. The zero-order chi connectivity index (χ0) is 18.4. The third kappa shape index (κ3) is 6.10. The molecule has 1 aromatic carbocycles. The van der Waals surface area contributed by atoms with Crippen molar-refractivity contribution in [2.45, 2.75) is 45.8 Å². The van der Waals surface area contributed by atoms with Crippen molar-refractivity contribution in [2.24, 2.45) is 0 Å². The number of carbonyl (C=O) groups is 1. The Morgan fingerprint density at radius 1 is 1.40 bits per heavy atom. The van der Waals surface area contributed by atoms with Gasteiger partial charge in [0.1, 0.15) is 0 Å². The molecule has 1 aromatic rings. The Hall–Kier alpha value is -1.43. The number of anilines is 1. The van der Waals surface area contributed by atoms with Gasteiger partial charge < -0.3 is 15.0 Å². The van der Waals surface area contributed by atoms with Gasteiger partial charge in [-0.25, -0.2) is 0 Å². The Morgan fingerprint density at radius 2 is 2.16 bits per heavy atom. The van der Waals surface area contributed by atoms with E-state index in [0.717, 1.165) is 55.9 Å². The third-order valence-corrected chi connectivity index (χ3v) is 4.88. The van der Waals surface area contributed by atoms with E-state index in [-0.39, 0.29) is 18.1 Å². The zero-order valence-corrected chi connectivity index (χ0v) is 16.3. The van der Waals surface area contributed by atoms with Gasteiger partial charge in [0.25, 0.3) is 0 Å². The summed E-state index contributed by atoms with van der Waals surface area (Å²) in [5, 5.41) is 3.09. The molecule has 1 saturated heterocycles. The molecule has 2 atom stereocenters. The lowest BCUT2D eigenvalue weighted by Gasteiger charge is -2.36. The lowest BCUT2D eigenvalue weighted by molar-refractivity contribution is -0.122. The van der Waals surface area contributed by atoms with Gasteiger partial charge in [-0.1, -0.05) is 12.1 Å². The molecule has 25 heavy (non-hydrogen) atoms. The maximum absolute atomic E-state index is 12.7. The lowest BCUT2D eigenvalue weighted by atomic mass is 10.1.